The molecule has 88 valence electrons. The van der Waals surface area contributed by atoms with Crippen LogP contribution in [0.2, 0.25) is 0 Å². The number of piperazine rings is 1. The summed E-state index contributed by atoms with van der Waals surface area (Å²) in [6, 6.07) is 0.679. The van der Waals surface area contributed by atoms with Crippen LogP contribution in [-0.4, -0.2) is 68.3 Å². The normalized spacial score (nSPS) is 30.6. The highest BCUT2D eigenvalue weighted by Gasteiger charge is 2.24. The summed E-state index contributed by atoms with van der Waals surface area (Å²) in [5.74, 6) is 0. The van der Waals surface area contributed by atoms with Crippen LogP contribution in [0.5, 0.6) is 0 Å². The number of hydrogen-bond acceptors (Lipinski definition) is 4. The smallest absolute Gasteiger partial charge is 0.0621 e. The van der Waals surface area contributed by atoms with Crippen LogP contribution < -0.4 is 5.73 Å². The summed E-state index contributed by atoms with van der Waals surface area (Å²) in [7, 11) is 0. The van der Waals surface area contributed by atoms with E-state index in [9.17, 15) is 0 Å². The summed E-state index contributed by atoms with van der Waals surface area (Å²) in [6.07, 6.45) is 2.55. The van der Waals surface area contributed by atoms with Crippen molar-refractivity contribution in [3.05, 3.63) is 0 Å². The van der Waals surface area contributed by atoms with Gasteiger partial charge in [-0.15, -0.1) is 0 Å². The van der Waals surface area contributed by atoms with Crippen molar-refractivity contribution in [2.45, 2.75) is 18.9 Å². The maximum Gasteiger partial charge on any atom is 0.0621 e. The lowest BCUT2D eigenvalue weighted by molar-refractivity contribution is -0.00115. The highest BCUT2D eigenvalue weighted by atomic mass is 16.5. The standard InChI is InChI=1S/C11H23N3O/c12-3-4-13-5-7-14(8-6-13)11-2-1-9-15-10-11/h11H,1-10,12H2. The van der Waals surface area contributed by atoms with Crippen LogP contribution in [0.1, 0.15) is 12.8 Å². The average molecular weight is 213 g/mol. The van der Waals surface area contributed by atoms with Crippen LogP contribution in [0.3, 0.4) is 0 Å². The highest BCUT2D eigenvalue weighted by Crippen LogP contribution is 2.15. The van der Waals surface area contributed by atoms with E-state index in [1.807, 2.05) is 0 Å². The second kappa shape index (κ2) is 5.80. The molecule has 2 saturated heterocycles. The zero-order chi connectivity index (χ0) is 10.5. The van der Waals surface area contributed by atoms with Gasteiger partial charge in [0.05, 0.1) is 6.61 Å². The zero-order valence-corrected chi connectivity index (χ0v) is 9.53. The minimum atomic E-state index is 0.679. The summed E-state index contributed by atoms with van der Waals surface area (Å²) in [4.78, 5) is 5.05. The summed E-state index contributed by atoms with van der Waals surface area (Å²) in [6.45, 7) is 8.46. The van der Waals surface area contributed by atoms with Crippen molar-refractivity contribution in [2.24, 2.45) is 5.73 Å². The quantitative estimate of drug-likeness (QED) is 0.701. The third-order valence-corrected chi connectivity index (χ3v) is 3.50. The van der Waals surface area contributed by atoms with Gasteiger partial charge < -0.3 is 10.5 Å². The Bertz CT molecular complexity index is 175. The minimum absolute atomic E-state index is 0.679. The van der Waals surface area contributed by atoms with E-state index < -0.39 is 0 Å². The van der Waals surface area contributed by atoms with Gasteiger partial charge in [0.2, 0.25) is 0 Å². The fourth-order valence-corrected chi connectivity index (χ4v) is 2.55. The van der Waals surface area contributed by atoms with Gasteiger partial charge in [-0.05, 0) is 12.8 Å². The second-order valence-corrected chi connectivity index (χ2v) is 4.54. The van der Waals surface area contributed by atoms with Crippen LogP contribution >= 0.6 is 0 Å². The van der Waals surface area contributed by atoms with Crippen molar-refractivity contribution in [1.82, 2.24) is 9.80 Å². The van der Waals surface area contributed by atoms with Gasteiger partial charge in [0, 0.05) is 51.9 Å². The van der Waals surface area contributed by atoms with Gasteiger partial charge in [-0.2, -0.15) is 0 Å². The van der Waals surface area contributed by atoms with Crippen molar-refractivity contribution in [3.8, 4) is 0 Å². The Labute approximate surface area is 92.4 Å². The van der Waals surface area contributed by atoms with Crippen molar-refractivity contribution in [3.63, 3.8) is 0 Å². The summed E-state index contributed by atoms with van der Waals surface area (Å²) in [5, 5.41) is 0. The largest absolute Gasteiger partial charge is 0.380 e. The Kier molecular flexibility index (Phi) is 4.38. The van der Waals surface area contributed by atoms with Crippen LogP contribution in [0.25, 0.3) is 0 Å². The van der Waals surface area contributed by atoms with Gasteiger partial charge >= 0.3 is 0 Å². The summed E-state index contributed by atoms with van der Waals surface area (Å²) < 4.78 is 5.53. The van der Waals surface area contributed by atoms with Gasteiger partial charge in [-0.3, -0.25) is 9.80 Å². The lowest BCUT2D eigenvalue weighted by Gasteiger charge is -2.40. The topological polar surface area (TPSA) is 41.7 Å². The molecular weight excluding hydrogens is 190 g/mol. The van der Waals surface area contributed by atoms with Gasteiger partial charge in [0.1, 0.15) is 0 Å². The number of ether oxygens (including phenoxy) is 1. The SMILES string of the molecule is NCCN1CCN(C2CCCOC2)CC1. The molecule has 2 rings (SSSR count). The Hall–Kier alpha value is -0.160. The lowest BCUT2D eigenvalue weighted by atomic mass is 10.1. The number of hydrogen-bond donors (Lipinski definition) is 1. The third-order valence-electron chi connectivity index (χ3n) is 3.50. The lowest BCUT2D eigenvalue weighted by Crippen LogP contribution is -2.53. The van der Waals surface area contributed by atoms with E-state index in [1.54, 1.807) is 0 Å². The molecule has 0 aromatic heterocycles. The molecule has 0 radical (unpaired) electrons. The molecule has 0 aliphatic carbocycles. The first-order valence-electron chi connectivity index (χ1n) is 6.14. The summed E-state index contributed by atoms with van der Waals surface area (Å²) >= 11 is 0. The van der Waals surface area contributed by atoms with Crippen molar-refractivity contribution in [1.29, 1.82) is 0 Å². The molecule has 0 spiro atoms. The molecule has 4 nitrogen and oxygen atoms in total. The molecule has 0 aromatic rings. The highest BCUT2D eigenvalue weighted by molar-refractivity contribution is 4.80. The van der Waals surface area contributed by atoms with Gasteiger partial charge in [-0.1, -0.05) is 0 Å². The molecule has 2 aliphatic rings. The van der Waals surface area contributed by atoms with E-state index in [0.717, 1.165) is 26.3 Å². The Morgan fingerprint density at radius 1 is 1.20 bits per heavy atom. The number of nitrogens with zero attached hydrogens (tertiary/aromatic N) is 2. The zero-order valence-electron chi connectivity index (χ0n) is 9.53. The minimum Gasteiger partial charge on any atom is -0.380 e. The van der Waals surface area contributed by atoms with Crippen LogP contribution in [0.4, 0.5) is 0 Å². The molecular formula is C11H23N3O. The van der Waals surface area contributed by atoms with Crippen LogP contribution in [0.15, 0.2) is 0 Å². The first kappa shape index (κ1) is 11.3. The molecule has 4 heteroatoms. The molecule has 2 N–H and O–H groups in total. The number of rotatable bonds is 3. The van der Waals surface area contributed by atoms with E-state index in [1.165, 1.54) is 39.0 Å². The third kappa shape index (κ3) is 3.14. The molecule has 0 aromatic carbocycles. The monoisotopic (exact) mass is 213 g/mol. The van der Waals surface area contributed by atoms with E-state index >= 15 is 0 Å². The molecule has 2 heterocycles. The van der Waals surface area contributed by atoms with E-state index in [-0.39, 0.29) is 0 Å². The molecule has 2 fully saturated rings. The molecule has 0 amide bonds. The van der Waals surface area contributed by atoms with E-state index in [4.69, 9.17) is 10.5 Å². The van der Waals surface area contributed by atoms with Crippen molar-refractivity contribution < 1.29 is 4.74 Å². The predicted octanol–water partition coefficient (Wildman–Crippen LogP) is -0.258. The van der Waals surface area contributed by atoms with E-state index in [0.29, 0.717) is 6.04 Å². The van der Waals surface area contributed by atoms with Gasteiger partial charge in [0.25, 0.3) is 0 Å². The first-order valence-corrected chi connectivity index (χ1v) is 6.14. The van der Waals surface area contributed by atoms with Crippen molar-refractivity contribution >= 4 is 0 Å². The van der Waals surface area contributed by atoms with E-state index in [2.05, 4.69) is 9.80 Å². The molecule has 1 atom stereocenters. The molecule has 1 unspecified atom stereocenters. The van der Waals surface area contributed by atoms with Crippen molar-refractivity contribution in [2.75, 3.05) is 52.5 Å². The molecule has 2 aliphatic heterocycles. The predicted molar refractivity (Wildman–Crippen MR) is 60.9 cm³/mol. The molecule has 15 heavy (non-hydrogen) atoms. The Morgan fingerprint density at radius 3 is 2.60 bits per heavy atom. The Balaban J connectivity index is 1.72. The maximum absolute atomic E-state index is 5.56. The number of nitrogens with two attached hydrogens (primary N) is 1. The van der Waals surface area contributed by atoms with Gasteiger partial charge in [0.15, 0.2) is 0 Å². The average Bonchev–Trinajstić information content (AvgIpc) is 2.32. The van der Waals surface area contributed by atoms with Crippen LogP contribution in [-0.2, 0) is 4.74 Å². The second-order valence-electron chi connectivity index (χ2n) is 4.54. The fraction of sp³-hybridized carbons (Fsp3) is 1.00. The molecule has 0 saturated carbocycles. The Morgan fingerprint density at radius 2 is 2.00 bits per heavy atom. The maximum atomic E-state index is 5.56. The van der Waals surface area contributed by atoms with Crippen LogP contribution in [0, 0.1) is 0 Å². The fourth-order valence-electron chi connectivity index (χ4n) is 2.55. The first-order chi connectivity index (χ1) is 7.40. The summed E-state index contributed by atoms with van der Waals surface area (Å²) in [5.41, 5.74) is 5.56. The van der Waals surface area contributed by atoms with Gasteiger partial charge in [-0.25, -0.2) is 0 Å². The molecule has 0 bridgehead atoms.